The van der Waals surface area contributed by atoms with Crippen molar-refractivity contribution in [2.75, 3.05) is 43.9 Å². The van der Waals surface area contributed by atoms with Crippen LogP contribution in [0, 0.1) is 0 Å². The lowest BCUT2D eigenvalue weighted by molar-refractivity contribution is 0.0752. The van der Waals surface area contributed by atoms with Gasteiger partial charge in [0.2, 0.25) is 0 Å². The molecule has 10 heteroatoms. The van der Waals surface area contributed by atoms with Gasteiger partial charge < -0.3 is 25.6 Å². The highest BCUT2D eigenvalue weighted by Gasteiger charge is 2.28. The molecule has 0 bridgehead atoms. The fourth-order valence-corrected chi connectivity index (χ4v) is 4.21. The van der Waals surface area contributed by atoms with E-state index >= 15 is 0 Å². The maximum atomic E-state index is 13.0. The number of benzene rings is 1. The van der Waals surface area contributed by atoms with Gasteiger partial charge in [0.15, 0.2) is 5.69 Å². The Labute approximate surface area is 190 Å². The molecule has 1 aliphatic rings. The number of carbonyl (C=O) groups excluding carboxylic acids is 2. The molecule has 0 atom stereocenters. The number of hydrogen-bond donors (Lipinski definition) is 2. The summed E-state index contributed by atoms with van der Waals surface area (Å²) in [5, 5.41) is 2.80. The number of nitrogen functional groups attached to an aromatic ring is 1. The van der Waals surface area contributed by atoms with Crippen LogP contribution in [0.2, 0.25) is 0 Å². The smallest absolute Gasteiger partial charge is 0.273 e. The Morgan fingerprint density at radius 2 is 1.88 bits per heavy atom. The Balaban J connectivity index is 1.35. The molecule has 1 fully saturated rings. The summed E-state index contributed by atoms with van der Waals surface area (Å²) in [6.07, 6.45) is 1.76. The van der Waals surface area contributed by atoms with E-state index in [9.17, 15) is 9.59 Å². The molecule has 1 saturated heterocycles. The molecule has 1 aliphatic heterocycles. The average Bonchev–Trinajstić information content (AvgIpc) is 3.24. The van der Waals surface area contributed by atoms with Gasteiger partial charge in [-0.15, -0.1) is 0 Å². The molecular formula is C22H24N6O3S. The van der Waals surface area contributed by atoms with Gasteiger partial charge in [-0.05, 0) is 41.4 Å². The van der Waals surface area contributed by atoms with Crippen molar-refractivity contribution in [2.45, 2.75) is 6.54 Å². The van der Waals surface area contributed by atoms with Gasteiger partial charge in [0.05, 0.1) is 12.8 Å². The molecule has 3 aromatic rings. The molecule has 2 amide bonds. The van der Waals surface area contributed by atoms with Gasteiger partial charge in [0.25, 0.3) is 11.8 Å². The van der Waals surface area contributed by atoms with Gasteiger partial charge in [-0.1, -0.05) is 18.2 Å². The third kappa shape index (κ3) is 4.65. The first-order chi connectivity index (χ1) is 15.6. The van der Waals surface area contributed by atoms with Gasteiger partial charge >= 0.3 is 0 Å². The van der Waals surface area contributed by atoms with Crippen molar-refractivity contribution >= 4 is 34.9 Å². The van der Waals surface area contributed by atoms with Gasteiger partial charge in [-0.2, -0.15) is 4.37 Å². The number of nitrogens with one attached hydrogen (secondary N) is 1. The van der Waals surface area contributed by atoms with Crippen molar-refractivity contribution in [2.24, 2.45) is 0 Å². The van der Waals surface area contributed by atoms with E-state index in [4.69, 9.17) is 10.5 Å². The predicted molar refractivity (Wildman–Crippen MR) is 123 cm³/mol. The van der Waals surface area contributed by atoms with E-state index in [1.54, 1.807) is 18.2 Å². The van der Waals surface area contributed by atoms with Crippen molar-refractivity contribution in [3.63, 3.8) is 0 Å². The Hall–Kier alpha value is -3.66. The maximum Gasteiger partial charge on any atom is 0.273 e. The molecule has 9 nitrogen and oxygen atoms in total. The highest BCUT2D eigenvalue weighted by molar-refractivity contribution is 7.09. The number of methoxy groups -OCH3 is 1. The number of piperazine rings is 1. The van der Waals surface area contributed by atoms with Crippen LogP contribution in [0.3, 0.4) is 0 Å². The van der Waals surface area contributed by atoms with Crippen LogP contribution >= 0.6 is 11.5 Å². The van der Waals surface area contributed by atoms with Crippen LogP contribution in [0.1, 0.15) is 25.7 Å². The number of rotatable bonds is 6. The van der Waals surface area contributed by atoms with Crippen molar-refractivity contribution in [1.29, 1.82) is 0 Å². The van der Waals surface area contributed by atoms with Crippen LogP contribution in [0.25, 0.3) is 0 Å². The van der Waals surface area contributed by atoms with Crippen LogP contribution in [-0.4, -0.2) is 59.4 Å². The number of nitrogens with zero attached hydrogens (tertiary/aromatic N) is 4. The van der Waals surface area contributed by atoms with E-state index in [1.807, 2.05) is 42.5 Å². The summed E-state index contributed by atoms with van der Waals surface area (Å²) in [6, 6.07) is 13.1. The molecule has 3 heterocycles. The lowest BCUT2D eigenvalue weighted by atomic mass is 10.2. The molecule has 166 valence electrons. The molecule has 0 radical (unpaired) electrons. The van der Waals surface area contributed by atoms with E-state index in [2.05, 4.69) is 19.6 Å². The summed E-state index contributed by atoms with van der Waals surface area (Å²) in [5.74, 6) is 1.03. The molecule has 2 aromatic heterocycles. The molecule has 32 heavy (non-hydrogen) atoms. The summed E-state index contributed by atoms with van der Waals surface area (Å²) in [5.41, 5.74) is 7.26. The quantitative estimate of drug-likeness (QED) is 0.588. The molecule has 3 N–H and O–H groups in total. The SMILES string of the molecule is COc1ccc(CNC(=O)c2nsc(C(=O)N3CCN(c4ccccn4)CC3)c2N)cc1. The zero-order valence-corrected chi connectivity index (χ0v) is 18.5. The largest absolute Gasteiger partial charge is 0.497 e. The summed E-state index contributed by atoms with van der Waals surface area (Å²) in [6.45, 7) is 2.77. The number of pyridine rings is 1. The first-order valence-electron chi connectivity index (χ1n) is 10.2. The van der Waals surface area contributed by atoms with Crippen molar-refractivity contribution < 1.29 is 14.3 Å². The fourth-order valence-electron chi connectivity index (χ4n) is 3.45. The van der Waals surface area contributed by atoms with E-state index < -0.39 is 5.91 Å². The van der Waals surface area contributed by atoms with E-state index in [0.717, 1.165) is 28.7 Å². The number of aromatic nitrogens is 2. The zero-order valence-electron chi connectivity index (χ0n) is 17.7. The van der Waals surface area contributed by atoms with E-state index in [-0.39, 0.29) is 17.3 Å². The summed E-state index contributed by atoms with van der Waals surface area (Å²) in [4.78, 5) is 34.1. The molecule has 0 aliphatic carbocycles. The minimum absolute atomic E-state index is 0.0824. The Morgan fingerprint density at radius 1 is 1.12 bits per heavy atom. The number of anilines is 2. The van der Waals surface area contributed by atoms with Crippen LogP contribution in [-0.2, 0) is 6.54 Å². The minimum Gasteiger partial charge on any atom is -0.497 e. The summed E-state index contributed by atoms with van der Waals surface area (Å²) >= 11 is 0.961. The standard InChI is InChI=1S/C22H24N6O3S/c1-31-16-7-5-15(6-8-16)14-25-21(29)19-18(23)20(32-26-19)22(30)28-12-10-27(11-13-28)17-4-2-3-9-24-17/h2-9H,10-14,23H2,1H3,(H,25,29). The minimum atomic E-state index is -0.409. The van der Waals surface area contributed by atoms with E-state index in [0.29, 0.717) is 37.6 Å². The topological polar surface area (TPSA) is 114 Å². The van der Waals surface area contributed by atoms with Crippen molar-refractivity contribution in [3.05, 3.63) is 64.8 Å². The van der Waals surface area contributed by atoms with Crippen LogP contribution < -0.4 is 20.7 Å². The van der Waals surface area contributed by atoms with Crippen LogP contribution in [0.5, 0.6) is 5.75 Å². The lowest BCUT2D eigenvalue weighted by Gasteiger charge is -2.35. The second-order valence-corrected chi connectivity index (χ2v) is 8.05. The Morgan fingerprint density at radius 3 is 2.53 bits per heavy atom. The van der Waals surface area contributed by atoms with Gasteiger partial charge in [-0.25, -0.2) is 4.98 Å². The number of ether oxygens (including phenoxy) is 1. The molecular weight excluding hydrogens is 428 g/mol. The monoisotopic (exact) mass is 452 g/mol. The third-order valence-electron chi connectivity index (χ3n) is 5.29. The zero-order chi connectivity index (χ0) is 22.5. The number of amides is 2. The van der Waals surface area contributed by atoms with Gasteiger partial charge in [-0.3, -0.25) is 9.59 Å². The number of hydrogen-bond acceptors (Lipinski definition) is 8. The average molecular weight is 453 g/mol. The highest BCUT2D eigenvalue weighted by atomic mass is 32.1. The predicted octanol–water partition coefficient (Wildman–Crippen LogP) is 2.02. The van der Waals surface area contributed by atoms with Gasteiger partial charge in [0.1, 0.15) is 16.4 Å². The lowest BCUT2D eigenvalue weighted by Crippen LogP contribution is -2.49. The van der Waals surface area contributed by atoms with E-state index in [1.165, 1.54) is 0 Å². The second kappa shape index (κ2) is 9.65. The number of nitrogens with two attached hydrogens (primary N) is 1. The van der Waals surface area contributed by atoms with Gasteiger partial charge in [0, 0.05) is 38.9 Å². The second-order valence-electron chi connectivity index (χ2n) is 7.27. The van der Waals surface area contributed by atoms with Crippen LogP contribution in [0.4, 0.5) is 11.5 Å². The Bertz CT molecular complexity index is 1080. The fraction of sp³-hybridized carbons (Fsp3) is 0.273. The maximum absolute atomic E-state index is 13.0. The summed E-state index contributed by atoms with van der Waals surface area (Å²) < 4.78 is 9.28. The first kappa shape index (κ1) is 21.6. The summed E-state index contributed by atoms with van der Waals surface area (Å²) in [7, 11) is 1.60. The molecule has 0 unspecified atom stereocenters. The normalized spacial score (nSPS) is 13.7. The first-order valence-corrected chi connectivity index (χ1v) is 11.0. The highest BCUT2D eigenvalue weighted by Crippen LogP contribution is 2.24. The number of carbonyl (C=O) groups is 2. The third-order valence-corrected chi connectivity index (χ3v) is 6.14. The van der Waals surface area contributed by atoms with Crippen LogP contribution in [0.15, 0.2) is 48.7 Å². The van der Waals surface area contributed by atoms with Crippen molar-refractivity contribution in [3.8, 4) is 5.75 Å². The molecule has 4 rings (SSSR count). The molecule has 0 spiro atoms. The molecule has 1 aromatic carbocycles. The molecule has 0 saturated carbocycles. The van der Waals surface area contributed by atoms with Crippen molar-refractivity contribution in [1.82, 2.24) is 19.6 Å². The Kier molecular flexibility index (Phi) is 6.50.